The number of likely N-dealkylation sites (tertiary alicyclic amines) is 1. The predicted molar refractivity (Wildman–Crippen MR) is 206 cm³/mol. The Balaban J connectivity index is 1.48. The molecule has 1 aromatic carbocycles. The van der Waals surface area contributed by atoms with Gasteiger partial charge in [0.15, 0.2) is 0 Å². The summed E-state index contributed by atoms with van der Waals surface area (Å²) in [6.07, 6.45) is 8.06. The van der Waals surface area contributed by atoms with Gasteiger partial charge in [-0.3, -0.25) is 9.59 Å². The zero-order valence-corrected chi connectivity index (χ0v) is 32.7. The number of ether oxygens (including phenoxy) is 3. The molecule has 1 saturated carbocycles. The fraction of sp³-hybridized carbons (Fsp3) is 0.525. The number of carbonyl (C=O) groups is 3. The lowest BCUT2D eigenvalue weighted by Crippen LogP contribution is -2.55. The van der Waals surface area contributed by atoms with Gasteiger partial charge in [0.2, 0.25) is 11.8 Å². The molecule has 4 unspecified atom stereocenters. The average molecular weight is 751 g/mol. The minimum atomic E-state index is -1.20. The highest BCUT2D eigenvalue weighted by Crippen LogP contribution is 2.46. The summed E-state index contributed by atoms with van der Waals surface area (Å²) in [5, 5.41) is 6.72. The first-order valence-corrected chi connectivity index (χ1v) is 19.4. The number of allylic oxidation sites excluding steroid dienone is 1. The SMILES string of the molecule is C=CCCCCCC(C)(C)C(=O)N1CC(Oc2cc(-c3nc(C(C)C)cs3)nc3c(Cl)c(OC)ccc23)CC1C(=O)NC1(C(=O)OCC)CC1C=C. The largest absolute Gasteiger partial charge is 0.495 e. The van der Waals surface area contributed by atoms with E-state index in [-0.39, 0.29) is 37.3 Å². The molecule has 1 aliphatic carbocycles. The molecular formula is C40H51ClN4O6S. The van der Waals surface area contributed by atoms with Gasteiger partial charge in [-0.2, -0.15) is 0 Å². The summed E-state index contributed by atoms with van der Waals surface area (Å²) in [7, 11) is 1.55. The van der Waals surface area contributed by atoms with Crippen LogP contribution in [0.5, 0.6) is 11.5 Å². The van der Waals surface area contributed by atoms with Crippen molar-refractivity contribution in [2.24, 2.45) is 11.3 Å². The van der Waals surface area contributed by atoms with Gasteiger partial charge in [0.1, 0.15) is 44.9 Å². The second-order valence-electron chi connectivity index (χ2n) is 14.7. The summed E-state index contributed by atoms with van der Waals surface area (Å²) >= 11 is 8.31. The van der Waals surface area contributed by atoms with E-state index in [0.29, 0.717) is 46.0 Å². The quantitative estimate of drug-likeness (QED) is 0.0832. The number of fused-ring (bicyclic) bond motifs is 1. The molecule has 0 radical (unpaired) electrons. The maximum atomic E-state index is 14.4. The number of methoxy groups -OCH3 is 1. The molecule has 52 heavy (non-hydrogen) atoms. The van der Waals surface area contributed by atoms with Crippen LogP contribution in [0, 0.1) is 11.3 Å². The van der Waals surface area contributed by atoms with Gasteiger partial charge >= 0.3 is 5.97 Å². The van der Waals surface area contributed by atoms with E-state index in [2.05, 4.69) is 32.3 Å². The lowest BCUT2D eigenvalue weighted by atomic mass is 9.85. The van der Waals surface area contributed by atoms with Crippen LogP contribution in [0.3, 0.4) is 0 Å². The Bertz CT molecular complexity index is 1820. The normalized spacial score (nSPS) is 21.2. The Kier molecular flexibility index (Phi) is 12.4. The van der Waals surface area contributed by atoms with E-state index in [1.807, 2.05) is 37.4 Å². The summed E-state index contributed by atoms with van der Waals surface area (Å²) in [6, 6.07) is 4.57. The van der Waals surface area contributed by atoms with Crippen molar-refractivity contribution in [3.8, 4) is 22.2 Å². The summed E-state index contributed by atoms with van der Waals surface area (Å²) in [5.41, 5.74) is 0.111. The van der Waals surface area contributed by atoms with Gasteiger partial charge in [-0.15, -0.1) is 24.5 Å². The monoisotopic (exact) mass is 750 g/mol. The van der Waals surface area contributed by atoms with Gasteiger partial charge in [-0.05, 0) is 50.7 Å². The molecule has 12 heteroatoms. The number of halogens is 1. The number of esters is 1. The van der Waals surface area contributed by atoms with Crippen LogP contribution in [0.25, 0.3) is 21.6 Å². The number of benzene rings is 1. The molecule has 280 valence electrons. The van der Waals surface area contributed by atoms with Gasteiger partial charge in [-0.1, -0.05) is 64.3 Å². The van der Waals surface area contributed by atoms with Gasteiger partial charge in [0.25, 0.3) is 0 Å². The van der Waals surface area contributed by atoms with Crippen molar-refractivity contribution in [2.75, 3.05) is 20.3 Å². The molecule has 3 aromatic rings. The minimum absolute atomic E-state index is 0.138. The van der Waals surface area contributed by atoms with Crippen molar-refractivity contribution in [1.29, 1.82) is 0 Å². The summed E-state index contributed by atoms with van der Waals surface area (Å²) < 4.78 is 17.6. The highest BCUT2D eigenvalue weighted by atomic mass is 35.5. The third-order valence-corrected chi connectivity index (χ3v) is 11.3. The molecular weight excluding hydrogens is 700 g/mol. The number of carbonyl (C=O) groups excluding carboxylic acids is 3. The average Bonchev–Trinajstić information content (AvgIpc) is 3.41. The number of hydrogen-bond donors (Lipinski definition) is 1. The van der Waals surface area contributed by atoms with Crippen molar-refractivity contribution in [3.63, 3.8) is 0 Å². The van der Waals surface area contributed by atoms with Crippen LogP contribution in [0.1, 0.15) is 91.2 Å². The van der Waals surface area contributed by atoms with Gasteiger partial charge < -0.3 is 24.4 Å². The first-order valence-electron chi connectivity index (χ1n) is 18.1. The topological polar surface area (TPSA) is 120 Å². The number of nitrogens with zero attached hydrogens (tertiary/aromatic N) is 3. The number of unbranched alkanes of at least 4 members (excludes halogenated alkanes) is 3. The second kappa shape index (κ2) is 16.4. The van der Waals surface area contributed by atoms with E-state index in [0.717, 1.165) is 36.4 Å². The van der Waals surface area contributed by atoms with E-state index in [1.54, 1.807) is 31.1 Å². The molecule has 1 aliphatic heterocycles. The minimum Gasteiger partial charge on any atom is -0.495 e. The van der Waals surface area contributed by atoms with Crippen LogP contribution in [0.15, 0.2) is 48.9 Å². The predicted octanol–water partition coefficient (Wildman–Crippen LogP) is 8.28. The number of nitrogens with one attached hydrogen (secondary N) is 1. The number of amides is 2. The van der Waals surface area contributed by atoms with E-state index in [1.165, 1.54) is 11.3 Å². The van der Waals surface area contributed by atoms with Crippen molar-refractivity contribution in [1.82, 2.24) is 20.2 Å². The molecule has 0 spiro atoms. The molecule has 1 saturated heterocycles. The lowest BCUT2D eigenvalue weighted by molar-refractivity contribution is -0.151. The fourth-order valence-corrected chi connectivity index (χ4v) is 8.10. The van der Waals surface area contributed by atoms with E-state index >= 15 is 0 Å². The molecule has 2 fully saturated rings. The summed E-state index contributed by atoms with van der Waals surface area (Å²) in [4.78, 5) is 53.0. The van der Waals surface area contributed by atoms with Gasteiger partial charge in [0.05, 0.1) is 31.5 Å². The molecule has 2 amide bonds. The Labute approximate surface area is 316 Å². The molecule has 2 aromatic heterocycles. The second-order valence-corrected chi connectivity index (χ2v) is 15.9. The van der Waals surface area contributed by atoms with E-state index in [4.69, 9.17) is 35.8 Å². The van der Waals surface area contributed by atoms with Crippen molar-refractivity contribution < 1.29 is 28.6 Å². The van der Waals surface area contributed by atoms with Crippen LogP contribution in [0.2, 0.25) is 5.02 Å². The Morgan fingerprint density at radius 3 is 2.58 bits per heavy atom. The molecule has 2 aliphatic rings. The van der Waals surface area contributed by atoms with Crippen LogP contribution in [-0.4, -0.2) is 70.6 Å². The Morgan fingerprint density at radius 1 is 1.17 bits per heavy atom. The van der Waals surface area contributed by atoms with Crippen LogP contribution in [-0.2, 0) is 19.1 Å². The molecule has 0 bridgehead atoms. The lowest BCUT2D eigenvalue weighted by Gasteiger charge is -2.33. The van der Waals surface area contributed by atoms with E-state index < -0.39 is 35.0 Å². The van der Waals surface area contributed by atoms with Gasteiger partial charge in [0, 0.05) is 34.6 Å². The molecule has 10 nitrogen and oxygen atoms in total. The van der Waals surface area contributed by atoms with E-state index in [9.17, 15) is 14.4 Å². The zero-order chi connectivity index (χ0) is 37.8. The number of rotatable bonds is 17. The van der Waals surface area contributed by atoms with Crippen molar-refractivity contribution in [2.45, 2.75) is 103 Å². The summed E-state index contributed by atoms with van der Waals surface area (Å²) in [5.74, 6) is -0.0969. The van der Waals surface area contributed by atoms with Crippen LogP contribution in [0.4, 0.5) is 0 Å². The highest BCUT2D eigenvalue weighted by Gasteiger charge is 2.62. The molecule has 3 heterocycles. The van der Waals surface area contributed by atoms with Gasteiger partial charge in [-0.25, -0.2) is 14.8 Å². The number of pyridine rings is 1. The zero-order valence-electron chi connectivity index (χ0n) is 31.1. The first-order chi connectivity index (χ1) is 24.8. The third kappa shape index (κ3) is 8.15. The molecule has 4 atom stereocenters. The third-order valence-electron chi connectivity index (χ3n) is 10.1. The first kappa shape index (κ1) is 39.3. The number of thiazole rings is 1. The maximum Gasteiger partial charge on any atom is 0.332 e. The van der Waals surface area contributed by atoms with Crippen molar-refractivity contribution >= 4 is 51.6 Å². The standard InChI is InChI=1S/C40H51ClN4O6S/c1-9-12-13-14-15-18-39(6,7)37(47)45-22-26(19-30(45)35(46)44-40(21-25(40)10-2)38(48)50-11-3)51-32-20-28(36-43-29(23-52-36)24(4)5)42-34-27(32)16-17-31(49-8)33(34)41/h9-10,16-17,20,23-26,30H,1-2,11-15,18-19,21-22H2,3-8H3,(H,44,46). The van der Waals surface area contributed by atoms with Crippen molar-refractivity contribution in [3.05, 3.63) is 59.6 Å². The molecule has 5 rings (SSSR count). The fourth-order valence-electron chi connectivity index (χ4n) is 6.87. The maximum absolute atomic E-state index is 14.4. The highest BCUT2D eigenvalue weighted by molar-refractivity contribution is 7.13. The van der Waals surface area contributed by atoms with Crippen LogP contribution >= 0.6 is 22.9 Å². The van der Waals surface area contributed by atoms with Crippen LogP contribution < -0.4 is 14.8 Å². The Morgan fingerprint density at radius 2 is 1.94 bits per heavy atom. The smallest absolute Gasteiger partial charge is 0.332 e. The Hall–Kier alpha value is -3.96. The summed E-state index contributed by atoms with van der Waals surface area (Å²) in [6.45, 7) is 17.8. The number of aromatic nitrogens is 2. The number of hydrogen-bond acceptors (Lipinski definition) is 9. The molecule has 1 N–H and O–H groups in total.